The van der Waals surface area contributed by atoms with Gasteiger partial charge in [0, 0.05) is 13.6 Å². The van der Waals surface area contributed by atoms with Crippen molar-refractivity contribution in [1.29, 1.82) is 0 Å². The highest BCUT2D eigenvalue weighted by molar-refractivity contribution is 5.91. The smallest absolute Gasteiger partial charge is 0.275 e. The summed E-state index contributed by atoms with van der Waals surface area (Å²) in [6.07, 6.45) is 2.81. The number of rotatable bonds is 4. The van der Waals surface area contributed by atoms with Crippen molar-refractivity contribution in [3.8, 4) is 0 Å². The number of carbonyl (C=O) groups is 1. The number of aromatic nitrogens is 1. The Kier molecular flexibility index (Phi) is 3.42. The second-order valence-corrected chi connectivity index (χ2v) is 2.64. The molecule has 13 heavy (non-hydrogen) atoms. The van der Waals surface area contributed by atoms with Crippen molar-refractivity contribution in [3.63, 3.8) is 0 Å². The zero-order chi connectivity index (χ0) is 9.68. The molecule has 0 saturated heterocycles. The van der Waals surface area contributed by atoms with Crippen molar-refractivity contribution in [3.05, 3.63) is 18.4 Å². The van der Waals surface area contributed by atoms with Crippen LogP contribution in [0.1, 0.15) is 16.9 Å². The molecule has 0 aliphatic carbocycles. The molecule has 0 N–H and O–H groups in total. The maximum absolute atomic E-state index is 11.8. The predicted molar refractivity (Wildman–Crippen MR) is 44.1 cm³/mol. The summed E-state index contributed by atoms with van der Waals surface area (Å²) in [7, 11) is 1.60. The summed E-state index contributed by atoms with van der Waals surface area (Å²) in [5.41, 5.74) is 0.251. The average molecular weight is 186 g/mol. The highest BCUT2D eigenvalue weighted by atomic mass is 19.1. The third kappa shape index (κ3) is 2.54. The molecule has 0 fully saturated rings. The minimum atomic E-state index is -0.420. The highest BCUT2D eigenvalue weighted by Gasteiger charge is 2.13. The SMILES string of the molecule is CN(CCCF)C(=O)c1cocn1. The fourth-order valence-corrected chi connectivity index (χ4v) is 0.912. The Hall–Kier alpha value is -1.39. The van der Waals surface area contributed by atoms with Crippen LogP contribution in [0.15, 0.2) is 17.1 Å². The zero-order valence-electron chi connectivity index (χ0n) is 7.36. The molecule has 1 aromatic rings. The van der Waals surface area contributed by atoms with Gasteiger partial charge in [-0.2, -0.15) is 0 Å². The Morgan fingerprint density at radius 3 is 3.08 bits per heavy atom. The van der Waals surface area contributed by atoms with Crippen LogP contribution in [0.3, 0.4) is 0 Å². The van der Waals surface area contributed by atoms with Gasteiger partial charge in [-0.1, -0.05) is 0 Å². The Bertz CT molecular complexity index is 261. The molecule has 1 heterocycles. The van der Waals surface area contributed by atoms with E-state index < -0.39 is 6.67 Å². The fraction of sp³-hybridized carbons (Fsp3) is 0.500. The molecule has 5 heteroatoms. The lowest BCUT2D eigenvalue weighted by atomic mass is 10.3. The van der Waals surface area contributed by atoms with Crippen LogP contribution in [-0.2, 0) is 0 Å². The molecule has 0 atom stereocenters. The van der Waals surface area contributed by atoms with Crippen molar-refractivity contribution in [2.75, 3.05) is 20.3 Å². The number of alkyl halides is 1. The molecule has 1 amide bonds. The van der Waals surface area contributed by atoms with Gasteiger partial charge in [-0.25, -0.2) is 4.98 Å². The van der Waals surface area contributed by atoms with E-state index in [0.717, 1.165) is 0 Å². The minimum Gasteiger partial charge on any atom is -0.451 e. The second kappa shape index (κ2) is 4.59. The van der Waals surface area contributed by atoms with Gasteiger partial charge in [-0.05, 0) is 6.42 Å². The van der Waals surface area contributed by atoms with Crippen molar-refractivity contribution >= 4 is 5.91 Å². The predicted octanol–water partition coefficient (Wildman–Crippen LogP) is 1.11. The number of hydrogen-bond acceptors (Lipinski definition) is 3. The second-order valence-electron chi connectivity index (χ2n) is 2.64. The highest BCUT2D eigenvalue weighted by Crippen LogP contribution is 2.00. The van der Waals surface area contributed by atoms with Crippen molar-refractivity contribution < 1.29 is 13.6 Å². The van der Waals surface area contributed by atoms with E-state index in [0.29, 0.717) is 13.0 Å². The van der Waals surface area contributed by atoms with Gasteiger partial charge in [0.05, 0.1) is 6.67 Å². The lowest BCUT2D eigenvalue weighted by molar-refractivity contribution is 0.0785. The van der Waals surface area contributed by atoms with Crippen molar-refractivity contribution in [1.82, 2.24) is 9.88 Å². The molecule has 72 valence electrons. The number of amides is 1. The van der Waals surface area contributed by atoms with Crippen LogP contribution in [0, 0.1) is 0 Å². The Morgan fingerprint density at radius 2 is 2.54 bits per heavy atom. The van der Waals surface area contributed by atoms with E-state index in [9.17, 15) is 9.18 Å². The molecule has 1 rings (SSSR count). The minimum absolute atomic E-state index is 0.248. The standard InChI is InChI=1S/C8H11FN2O2/c1-11(4-2-3-9)8(12)7-5-13-6-10-7/h5-6H,2-4H2,1H3. The topological polar surface area (TPSA) is 46.3 Å². The monoisotopic (exact) mass is 186 g/mol. The largest absolute Gasteiger partial charge is 0.451 e. The average Bonchev–Trinajstić information content (AvgIpc) is 2.65. The summed E-state index contributed by atoms with van der Waals surface area (Å²) in [4.78, 5) is 16.5. The quantitative estimate of drug-likeness (QED) is 0.707. The van der Waals surface area contributed by atoms with Crippen LogP contribution in [0.4, 0.5) is 4.39 Å². The first kappa shape index (κ1) is 9.70. The van der Waals surface area contributed by atoms with Gasteiger partial charge in [0.2, 0.25) is 0 Å². The van der Waals surface area contributed by atoms with E-state index in [1.165, 1.54) is 17.6 Å². The molecule has 0 aliphatic rings. The summed E-state index contributed by atoms with van der Waals surface area (Å²) in [6, 6.07) is 0. The molecule has 4 nitrogen and oxygen atoms in total. The summed E-state index contributed by atoms with van der Waals surface area (Å²) in [6.45, 7) is -0.0291. The van der Waals surface area contributed by atoms with Crippen LogP contribution >= 0.6 is 0 Å². The summed E-state index contributed by atoms with van der Waals surface area (Å²) in [5, 5.41) is 0. The number of hydrogen-bond donors (Lipinski definition) is 0. The van der Waals surface area contributed by atoms with Crippen LogP contribution in [0.25, 0.3) is 0 Å². The van der Waals surface area contributed by atoms with E-state index in [1.807, 2.05) is 0 Å². The Labute approximate surface area is 75.4 Å². The molecule has 0 spiro atoms. The third-order valence-electron chi connectivity index (χ3n) is 1.63. The zero-order valence-corrected chi connectivity index (χ0v) is 7.36. The van der Waals surface area contributed by atoms with Crippen LogP contribution in [0.5, 0.6) is 0 Å². The number of nitrogens with zero attached hydrogens (tertiary/aromatic N) is 2. The number of oxazole rings is 1. The Morgan fingerprint density at radius 1 is 1.77 bits per heavy atom. The van der Waals surface area contributed by atoms with E-state index in [1.54, 1.807) is 7.05 Å². The van der Waals surface area contributed by atoms with Crippen LogP contribution < -0.4 is 0 Å². The summed E-state index contributed by atoms with van der Waals surface area (Å²) >= 11 is 0. The van der Waals surface area contributed by atoms with Gasteiger partial charge in [0.1, 0.15) is 6.26 Å². The van der Waals surface area contributed by atoms with Crippen LogP contribution in [0.2, 0.25) is 0 Å². The summed E-state index contributed by atoms with van der Waals surface area (Å²) < 4.78 is 16.4. The first-order valence-corrected chi connectivity index (χ1v) is 3.95. The lowest BCUT2D eigenvalue weighted by Gasteiger charge is -2.13. The molecule has 0 saturated carbocycles. The molecule has 0 unspecified atom stereocenters. The Balaban J connectivity index is 2.48. The van der Waals surface area contributed by atoms with Crippen molar-refractivity contribution in [2.24, 2.45) is 0 Å². The van der Waals surface area contributed by atoms with Crippen molar-refractivity contribution in [2.45, 2.75) is 6.42 Å². The first-order chi connectivity index (χ1) is 6.25. The molecule has 0 aromatic carbocycles. The van der Waals surface area contributed by atoms with E-state index in [2.05, 4.69) is 9.40 Å². The van der Waals surface area contributed by atoms with Gasteiger partial charge < -0.3 is 9.32 Å². The first-order valence-electron chi connectivity index (χ1n) is 3.95. The van der Waals surface area contributed by atoms with Gasteiger partial charge in [0.25, 0.3) is 5.91 Å². The van der Waals surface area contributed by atoms with E-state index in [4.69, 9.17) is 0 Å². The molecular weight excluding hydrogens is 175 g/mol. The molecular formula is C8H11FN2O2. The third-order valence-corrected chi connectivity index (χ3v) is 1.63. The van der Waals surface area contributed by atoms with Gasteiger partial charge in [0.15, 0.2) is 12.1 Å². The van der Waals surface area contributed by atoms with E-state index >= 15 is 0 Å². The summed E-state index contributed by atoms with van der Waals surface area (Å²) in [5.74, 6) is -0.248. The van der Waals surface area contributed by atoms with Gasteiger partial charge in [-0.3, -0.25) is 9.18 Å². The van der Waals surface area contributed by atoms with Gasteiger partial charge >= 0.3 is 0 Å². The molecule has 0 bridgehead atoms. The maximum atomic E-state index is 11.8. The maximum Gasteiger partial charge on any atom is 0.275 e. The normalized spacial score (nSPS) is 10.0. The van der Waals surface area contributed by atoms with Gasteiger partial charge in [-0.15, -0.1) is 0 Å². The number of carbonyl (C=O) groups excluding carboxylic acids is 1. The fourth-order valence-electron chi connectivity index (χ4n) is 0.912. The number of halogens is 1. The lowest BCUT2D eigenvalue weighted by Crippen LogP contribution is -2.28. The molecule has 0 aliphatic heterocycles. The molecule has 1 aromatic heterocycles. The van der Waals surface area contributed by atoms with E-state index in [-0.39, 0.29) is 11.6 Å². The molecule has 0 radical (unpaired) electrons. The van der Waals surface area contributed by atoms with Crippen LogP contribution in [-0.4, -0.2) is 36.1 Å².